The Morgan fingerprint density at radius 1 is 1.10 bits per heavy atom. The predicted octanol–water partition coefficient (Wildman–Crippen LogP) is 2.32. The summed E-state index contributed by atoms with van der Waals surface area (Å²) in [6, 6.07) is 5.76. The second-order valence-corrected chi connectivity index (χ2v) is 5.31. The third kappa shape index (κ3) is 3.87. The van der Waals surface area contributed by atoms with E-state index in [4.69, 9.17) is 4.74 Å². The minimum Gasteiger partial charge on any atom is -0.504 e. The summed E-state index contributed by atoms with van der Waals surface area (Å²) in [5.41, 5.74) is 0.958. The van der Waals surface area contributed by atoms with Crippen LogP contribution in [-0.4, -0.2) is 54.2 Å². The molecule has 1 aliphatic heterocycles. The van der Waals surface area contributed by atoms with Gasteiger partial charge in [0.05, 0.1) is 6.61 Å². The van der Waals surface area contributed by atoms with Gasteiger partial charge in [0, 0.05) is 38.3 Å². The summed E-state index contributed by atoms with van der Waals surface area (Å²) in [7, 11) is 0. The van der Waals surface area contributed by atoms with Gasteiger partial charge in [-0.1, -0.05) is 19.1 Å². The lowest BCUT2D eigenvalue weighted by atomic mass is 10.1. The van der Waals surface area contributed by atoms with Gasteiger partial charge in [0.2, 0.25) is 0 Å². The van der Waals surface area contributed by atoms with Crippen LogP contribution in [0.25, 0.3) is 0 Å². The summed E-state index contributed by atoms with van der Waals surface area (Å²) in [5, 5.41) is 10.2. The lowest BCUT2D eigenvalue weighted by Crippen LogP contribution is -2.45. The third-order valence-electron chi connectivity index (χ3n) is 3.78. The van der Waals surface area contributed by atoms with Crippen molar-refractivity contribution >= 4 is 0 Å². The Morgan fingerprint density at radius 3 is 2.45 bits per heavy atom. The lowest BCUT2D eigenvalue weighted by Gasteiger charge is -2.34. The van der Waals surface area contributed by atoms with Crippen LogP contribution in [0, 0.1) is 0 Å². The van der Waals surface area contributed by atoms with Crippen LogP contribution < -0.4 is 4.74 Å². The predicted molar refractivity (Wildman–Crippen MR) is 81.3 cm³/mol. The molecule has 0 amide bonds. The van der Waals surface area contributed by atoms with Gasteiger partial charge in [0.25, 0.3) is 0 Å². The maximum Gasteiger partial charge on any atom is 0.162 e. The number of aromatic hydroxyl groups is 1. The summed E-state index contributed by atoms with van der Waals surface area (Å²) >= 11 is 0. The van der Waals surface area contributed by atoms with Crippen molar-refractivity contribution in [3.8, 4) is 11.5 Å². The highest BCUT2D eigenvalue weighted by atomic mass is 16.5. The smallest absolute Gasteiger partial charge is 0.162 e. The van der Waals surface area contributed by atoms with Crippen LogP contribution >= 0.6 is 0 Å². The van der Waals surface area contributed by atoms with E-state index in [-0.39, 0.29) is 0 Å². The molecule has 0 spiro atoms. The zero-order chi connectivity index (χ0) is 14.4. The van der Waals surface area contributed by atoms with Gasteiger partial charge in [-0.3, -0.25) is 4.90 Å². The molecular formula is C16H26N2O2. The molecule has 1 fully saturated rings. The highest BCUT2D eigenvalue weighted by molar-refractivity contribution is 5.45. The van der Waals surface area contributed by atoms with E-state index < -0.39 is 0 Å². The molecule has 112 valence electrons. The monoisotopic (exact) mass is 278 g/mol. The molecule has 1 heterocycles. The SMILES string of the molecule is CCCN1CCN(Cc2cccc(OCC)c2O)CC1. The largest absolute Gasteiger partial charge is 0.504 e. The molecule has 2 rings (SSSR count). The molecule has 0 aliphatic carbocycles. The fourth-order valence-corrected chi connectivity index (χ4v) is 2.70. The van der Waals surface area contributed by atoms with E-state index >= 15 is 0 Å². The Hall–Kier alpha value is -1.26. The number of benzene rings is 1. The van der Waals surface area contributed by atoms with E-state index in [1.165, 1.54) is 13.0 Å². The third-order valence-corrected chi connectivity index (χ3v) is 3.78. The normalized spacial score (nSPS) is 17.3. The minimum absolute atomic E-state index is 0.297. The van der Waals surface area contributed by atoms with E-state index in [9.17, 15) is 5.11 Å². The van der Waals surface area contributed by atoms with Crippen LogP contribution in [0.4, 0.5) is 0 Å². The Balaban J connectivity index is 1.92. The first-order chi connectivity index (χ1) is 9.74. The molecule has 0 atom stereocenters. The maximum absolute atomic E-state index is 10.2. The molecule has 1 aliphatic rings. The summed E-state index contributed by atoms with van der Waals surface area (Å²) in [5.74, 6) is 0.889. The number of ether oxygens (including phenoxy) is 1. The van der Waals surface area contributed by atoms with E-state index in [1.54, 1.807) is 0 Å². The van der Waals surface area contributed by atoms with E-state index in [2.05, 4.69) is 16.7 Å². The first kappa shape index (κ1) is 15.1. The van der Waals surface area contributed by atoms with Gasteiger partial charge in [-0.25, -0.2) is 0 Å². The number of nitrogens with zero attached hydrogens (tertiary/aromatic N) is 2. The van der Waals surface area contributed by atoms with Crippen molar-refractivity contribution in [2.24, 2.45) is 0 Å². The molecule has 1 aromatic carbocycles. The topological polar surface area (TPSA) is 35.9 Å². The van der Waals surface area contributed by atoms with Crippen molar-refractivity contribution < 1.29 is 9.84 Å². The van der Waals surface area contributed by atoms with E-state index in [0.717, 1.165) is 38.3 Å². The highest BCUT2D eigenvalue weighted by Gasteiger charge is 2.18. The second-order valence-electron chi connectivity index (χ2n) is 5.31. The highest BCUT2D eigenvalue weighted by Crippen LogP contribution is 2.30. The van der Waals surface area contributed by atoms with E-state index in [1.807, 2.05) is 25.1 Å². The fraction of sp³-hybridized carbons (Fsp3) is 0.625. The average molecular weight is 278 g/mol. The van der Waals surface area contributed by atoms with Crippen molar-refractivity contribution in [3.05, 3.63) is 23.8 Å². The molecule has 1 aromatic rings. The van der Waals surface area contributed by atoms with Crippen LogP contribution in [0.3, 0.4) is 0 Å². The van der Waals surface area contributed by atoms with Crippen LogP contribution in [0.1, 0.15) is 25.8 Å². The molecule has 0 bridgehead atoms. The average Bonchev–Trinajstić information content (AvgIpc) is 2.46. The number of piperazine rings is 1. The van der Waals surface area contributed by atoms with Crippen molar-refractivity contribution in [3.63, 3.8) is 0 Å². The van der Waals surface area contributed by atoms with E-state index in [0.29, 0.717) is 18.1 Å². The summed E-state index contributed by atoms with van der Waals surface area (Å²) in [4.78, 5) is 4.91. The van der Waals surface area contributed by atoms with Gasteiger partial charge in [0.1, 0.15) is 0 Å². The molecular weight excluding hydrogens is 252 g/mol. The van der Waals surface area contributed by atoms with Crippen LogP contribution in [0.5, 0.6) is 11.5 Å². The maximum atomic E-state index is 10.2. The zero-order valence-corrected chi connectivity index (χ0v) is 12.6. The molecule has 0 unspecified atom stereocenters. The van der Waals surface area contributed by atoms with Gasteiger partial charge >= 0.3 is 0 Å². The molecule has 20 heavy (non-hydrogen) atoms. The Labute approximate surface area is 122 Å². The van der Waals surface area contributed by atoms with Gasteiger partial charge in [-0.2, -0.15) is 0 Å². The lowest BCUT2D eigenvalue weighted by molar-refractivity contribution is 0.126. The summed E-state index contributed by atoms with van der Waals surface area (Å²) < 4.78 is 5.44. The summed E-state index contributed by atoms with van der Waals surface area (Å²) in [6.45, 7) is 11.1. The number of para-hydroxylation sites is 1. The van der Waals surface area contributed by atoms with Crippen LogP contribution in [-0.2, 0) is 6.54 Å². The van der Waals surface area contributed by atoms with Crippen molar-refractivity contribution in [1.82, 2.24) is 9.80 Å². The van der Waals surface area contributed by atoms with Gasteiger partial charge in [-0.15, -0.1) is 0 Å². The van der Waals surface area contributed by atoms with Gasteiger partial charge in [0.15, 0.2) is 11.5 Å². The Morgan fingerprint density at radius 2 is 1.80 bits per heavy atom. The quantitative estimate of drug-likeness (QED) is 0.866. The number of hydrogen-bond acceptors (Lipinski definition) is 4. The second kappa shape index (κ2) is 7.50. The standard InChI is InChI=1S/C16H26N2O2/c1-3-8-17-9-11-18(12-10-17)13-14-6-5-7-15(16(14)19)20-4-2/h5-7,19H,3-4,8-13H2,1-2H3. The van der Waals surface area contributed by atoms with Crippen molar-refractivity contribution in [1.29, 1.82) is 0 Å². The first-order valence-corrected chi connectivity index (χ1v) is 7.63. The summed E-state index contributed by atoms with van der Waals surface area (Å²) in [6.07, 6.45) is 1.22. The number of rotatable bonds is 6. The Bertz CT molecular complexity index is 415. The molecule has 0 radical (unpaired) electrons. The number of phenolic OH excluding ortho intramolecular Hbond substituents is 1. The minimum atomic E-state index is 0.297. The van der Waals surface area contributed by atoms with Crippen molar-refractivity contribution in [2.75, 3.05) is 39.3 Å². The van der Waals surface area contributed by atoms with Crippen LogP contribution in [0.15, 0.2) is 18.2 Å². The van der Waals surface area contributed by atoms with Crippen molar-refractivity contribution in [2.45, 2.75) is 26.8 Å². The fourth-order valence-electron chi connectivity index (χ4n) is 2.70. The molecule has 4 nitrogen and oxygen atoms in total. The Kier molecular flexibility index (Phi) is 5.68. The molecule has 0 aromatic heterocycles. The van der Waals surface area contributed by atoms with Crippen LogP contribution in [0.2, 0.25) is 0 Å². The number of hydrogen-bond donors (Lipinski definition) is 1. The molecule has 4 heteroatoms. The number of phenols is 1. The molecule has 0 saturated carbocycles. The van der Waals surface area contributed by atoms with Gasteiger partial charge in [-0.05, 0) is 26.0 Å². The first-order valence-electron chi connectivity index (χ1n) is 7.63. The zero-order valence-electron chi connectivity index (χ0n) is 12.6. The molecule has 1 N–H and O–H groups in total. The molecule has 1 saturated heterocycles. The van der Waals surface area contributed by atoms with Gasteiger partial charge < -0.3 is 14.7 Å².